The average Bonchev–Trinajstić information content (AvgIpc) is 2.45. The molecule has 1 heterocycles. The zero-order valence-corrected chi connectivity index (χ0v) is 11.2. The van der Waals surface area contributed by atoms with Crippen molar-refractivity contribution in [2.45, 2.75) is 25.9 Å². The quantitative estimate of drug-likeness (QED) is 0.897. The van der Waals surface area contributed by atoms with Crippen molar-refractivity contribution in [2.24, 2.45) is 0 Å². The summed E-state index contributed by atoms with van der Waals surface area (Å²) >= 11 is 0. The summed E-state index contributed by atoms with van der Waals surface area (Å²) in [5.41, 5.74) is 1.52. The monoisotopic (exact) mass is 258 g/mol. The predicted octanol–water partition coefficient (Wildman–Crippen LogP) is 2.99. The van der Waals surface area contributed by atoms with Crippen LogP contribution < -0.4 is 5.32 Å². The van der Waals surface area contributed by atoms with Crippen LogP contribution in [0.15, 0.2) is 36.5 Å². The van der Waals surface area contributed by atoms with Gasteiger partial charge in [-0.2, -0.15) is 0 Å². The third kappa shape index (κ3) is 3.09. The van der Waals surface area contributed by atoms with Crippen LogP contribution >= 0.6 is 0 Å². The van der Waals surface area contributed by atoms with Crippen molar-refractivity contribution >= 4 is 22.5 Å². The molecule has 100 valence electrons. The van der Waals surface area contributed by atoms with Gasteiger partial charge in [0.25, 0.3) is 5.91 Å². The van der Waals surface area contributed by atoms with Gasteiger partial charge in [0.15, 0.2) is 0 Å². The van der Waals surface area contributed by atoms with E-state index in [9.17, 15) is 4.79 Å². The number of hydrogen-bond donors (Lipinski definition) is 1. The minimum absolute atomic E-state index is 0.123. The van der Waals surface area contributed by atoms with Gasteiger partial charge in [0.2, 0.25) is 0 Å². The zero-order chi connectivity index (χ0) is 13.7. The van der Waals surface area contributed by atoms with Crippen LogP contribution in [-0.2, 0) is 9.53 Å². The van der Waals surface area contributed by atoms with Crippen LogP contribution in [0, 0.1) is 0 Å². The van der Waals surface area contributed by atoms with Gasteiger partial charge in [-0.05, 0) is 18.6 Å². The Kier molecular flexibility index (Phi) is 4.47. The molecule has 2 aromatic rings. The van der Waals surface area contributed by atoms with E-state index in [4.69, 9.17) is 4.74 Å². The first kappa shape index (κ1) is 13.5. The number of hydrogen-bond acceptors (Lipinski definition) is 3. The Morgan fingerprint density at radius 3 is 2.89 bits per heavy atom. The average molecular weight is 258 g/mol. The smallest absolute Gasteiger partial charge is 0.253 e. The van der Waals surface area contributed by atoms with Gasteiger partial charge in [0, 0.05) is 18.7 Å². The Morgan fingerprint density at radius 2 is 2.16 bits per heavy atom. The Labute approximate surface area is 112 Å². The Hall–Kier alpha value is -1.94. The summed E-state index contributed by atoms with van der Waals surface area (Å²) in [6.07, 6.45) is 2.92. The van der Waals surface area contributed by atoms with Gasteiger partial charge in [0.05, 0.1) is 11.2 Å². The zero-order valence-electron chi connectivity index (χ0n) is 11.2. The lowest BCUT2D eigenvalue weighted by molar-refractivity contribution is -0.126. The number of anilines is 1. The van der Waals surface area contributed by atoms with Crippen molar-refractivity contribution in [2.75, 3.05) is 12.4 Å². The standard InChI is InChI=1S/C15H18N2O2/c1-3-6-13(19-2)15(18)17-12-9-4-7-11-8-5-10-16-14(11)12/h4-5,7-10,13H,3,6H2,1-2H3,(H,17,18)/t13-/m0/s1. The van der Waals surface area contributed by atoms with Gasteiger partial charge in [0.1, 0.15) is 6.10 Å². The molecular weight excluding hydrogens is 240 g/mol. The number of nitrogens with one attached hydrogen (secondary N) is 1. The number of carbonyl (C=O) groups excluding carboxylic acids is 1. The highest BCUT2D eigenvalue weighted by atomic mass is 16.5. The predicted molar refractivity (Wildman–Crippen MR) is 76.1 cm³/mol. The van der Waals surface area contributed by atoms with Crippen molar-refractivity contribution in [3.63, 3.8) is 0 Å². The molecule has 1 aromatic carbocycles. The summed E-state index contributed by atoms with van der Waals surface area (Å²) in [5.74, 6) is -0.123. The fraction of sp³-hybridized carbons (Fsp3) is 0.333. The van der Waals surface area contributed by atoms with Crippen molar-refractivity contribution in [3.05, 3.63) is 36.5 Å². The maximum atomic E-state index is 12.1. The second kappa shape index (κ2) is 6.29. The van der Waals surface area contributed by atoms with E-state index in [-0.39, 0.29) is 5.91 Å². The Morgan fingerprint density at radius 1 is 1.37 bits per heavy atom. The molecule has 0 aliphatic heterocycles. The minimum atomic E-state index is -0.413. The van der Waals surface area contributed by atoms with Crippen molar-refractivity contribution in [1.29, 1.82) is 0 Å². The van der Waals surface area contributed by atoms with Crippen LogP contribution in [0.4, 0.5) is 5.69 Å². The van der Waals surface area contributed by atoms with E-state index < -0.39 is 6.10 Å². The molecule has 1 N–H and O–H groups in total. The molecule has 19 heavy (non-hydrogen) atoms. The molecule has 4 heteroatoms. The summed E-state index contributed by atoms with van der Waals surface area (Å²) in [5, 5.41) is 3.90. The van der Waals surface area contributed by atoms with Crippen LogP contribution in [0.25, 0.3) is 10.9 Å². The fourth-order valence-corrected chi connectivity index (χ4v) is 2.04. The van der Waals surface area contributed by atoms with Crippen molar-refractivity contribution < 1.29 is 9.53 Å². The van der Waals surface area contributed by atoms with E-state index in [0.29, 0.717) is 6.42 Å². The Balaban J connectivity index is 2.23. The summed E-state index contributed by atoms with van der Waals surface area (Å²) in [6.45, 7) is 2.03. The van der Waals surface area contributed by atoms with Crippen LogP contribution in [0.5, 0.6) is 0 Å². The van der Waals surface area contributed by atoms with Gasteiger partial charge in [-0.1, -0.05) is 31.5 Å². The molecular formula is C15H18N2O2. The van der Waals surface area contributed by atoms with Gasteiger partial charge in [-0.25, -0.2) is 0 Å². The molecule has 0 unspecified atom stereocenters. The highest BCUT2D eigenvalue weighted by Crippen LogP contribution is 2.21. The molecule has 0 radical (unpaired) electrons. The van der Waals surface area contributed by atoms with Crippen LogP contribution in [0.1, 0.15) is 19.8 Å². The number of aromatic nitrogens is 1. The molecule has 1 amide bonds. The number of benzene rings is 1. The van der Waals surface area contributed by atoms with Gasteiger partial charge < -0.3 is 10.1 Å². The van der Waals surface area contributed by atoms with E-state index in [1.165, 1.54) is 0 Å². The number of nitrogens with zero attached hydrogens (tertiary/aromatic N) is 1. The highest BCUT2D eigenvalue weighted by molar-refractivity contribution is 6.01. The maximum absolute atomic E-state index is 12.1. The third-order valence-electron chi connectivity index (χ3n) is 3.02. The summed E-state index contributed by atoms with van der Waals surface area (Å²) in [4.78, 5) is 16.4. The second-order valence-electron chi connectivity index (χ2n) is 4.38. The topological polar surface area (TPSA) is 51.2 Å². The van der Waals surface area contributed by atoms with Gasteiger partial charge >= 0.3 is 0 Å². The second-order valence-corrected chi connectivity index (χ2v) is 4.38. The normalized spacial score (nSPS) is 12.3. The third-order valence-corrected chi connectivity index (χ3v) is 3.02. The lowest BCUT2D eigenvalue weighted by Gasteiger charge is -2.15. The van der Waals surface area contributed by atoms with E-state index in [1.54, 1.807) is 13.3 Å². The molecule has 2 rings (SSSR count). The van der Waals surface area contributed by atoms with Crippen LogP contribution in [0.3, 0.4) is 0 Å². The van der Waals surface area contributed by atoms with E-state index >= 15 is 0 Å². The number of carbonyl (C=O) groups is 1. The molecule has 0 aliphatic rings. The number of amides is 1. The SMILES string of the molecule is CCC[C@H](OC)C(=O)Nc1cccc2cccnc12. The van der Waals surface area contributed by atoms with E-state index in [1.807, 2.05) is 37.3 Å². The minimum Gasteiger partial charge on any atom is -0.372 e. The molecule has 0 fully saturated rings. The molecule has 4 nitrogen and oxygen atoms in total. The number of para-hydroxylation sites is 1. The maximum Gasteiger partial charge on any atom is 0.253 e. The number of fused-ring (bicyclic) bond motifs is 1. The lowest BCUT2D eigenvalue weighted by atomic mass is 10.1. The molecule has 0 aliphatic carbocycles. The largest absolute Gasteiger partial charge is 0.372 e. The molecule has 1 atom stereocenters. The number of pyridine rings is 1. The first-order valence-electron chi connectivity index (χ1n) is 6.43. The number of ether oxygens (including phenoxy) is 1. The van der Waals surface area contributed by atoms with Crippen molar-refractivity contribution in [3.8, 4) is 0 Å². The molecule has 0 saturated carbocycles. The first-order valence-corrected chi connectivity index (χ1v) is 6.43. The Bertz CT molecular complexity index is 564. The number of methoxy groups -OCH3 is 1. The fourth-order valence-electron chi connectivity index (χ4n) is 2.04. The molecule has 0 bridgehead atoms. The lowest BCUT2D eigenvalue weighted by Crippen LogP contribution is -2.29. The van der Waals surface area contributed by atoms with Crippen LogP contribution in [0.2, 0.25) is 0 Å². The van der Waals surface area contributed by atoms with Gasteiger partial charge in [-0.15, -0.1) is 0 Å². The first-order chi connectivity index (χ1) is 9.26. The summed E-state index contributed by atoms with van der Waals surface area (Å²) < 4.78 is 5.20. The number of rotatable bonds is 5. The van der Waals surface area contributed by atoms with E-state index in [2.05, 4.69) is 10.3 Å². The molecule has 0 saturated heterocycles. The summed E-state index contributed by atoms with van der Waals surface area (Å²) in [7, 11) is 1.56. The molecule has 0 spiro atoms. The summed E-state index contributed by atoms with van der Waals surface area (Å²) in [6, 6.07) is 9.58. The van der Waals surface area contributed by atoms with Crippen LogP contribution in [-0.4, -0.2) is 24.1 Å². The highest BCUT2D eigenvalue weighted by Gasteiger charge is 2.17. The van der Waals surface area contributed by atoms with E-state index in [0.717, 1.165) is 23.0 Å². The van der Waals surface area contributed by atoms with Gasteiger partial charge in [-0.3, -0.25) is 9.78 Å². The van der Waals surface area contributed by atoms with Crippen molar-refractivity contribution in [1.82, 2.24) is 4.98 Å². The molecule has 1 aromatic heterocycles.